The minimum absolute atomic E-state index is 0.0826. The molecule has 1 aliphatic heterocycles. The molecule has 112 valence electrons. The summed E-state index contributed by atoms with van der Waals surface area (Å²) in [5, 5.41) is 3.05. The van der Waals surface area contributed by atoms with Gasteiger partial charge >= 0.3 is 0 Å². The van der Waals surface area contributed by atoms with Gasteiger partial charge in [-0.25, -0.2) is 0 Å². The maximum absolute atomic E-state index is 12.4. The Morgan fingerprint density at radius 1 is 1.00 bits per heavy atom. The van der Waals surface area contributed by atoms with E-state index >= 15 is 0 Å². The van der Waals surface area contributed by atoms with Crippen LogP contribution >= 0.6 is 0 Å². The standard InChI is InChI=1S/C16H26N2O2/c19-15(10-7-12-4-1-2-5-12)18-11-3-6-14(18)16(20)17-13-8-9-13/h12-14H,1-11H2,(H,17,20). The third kappa shape index (κ3) is 3.33. The lowest BCUT2D eigenvalue weighted by atomic mass is 10.0. The molecule has 0 aromatic rings. The van der Waals surface area contributed by atoms with E-state index in [1.54, 1.807) is 0 Å². The molecule has 4 nitrogen and oxygen atoms in total. The third-order valence-corrected chi connectivity index (χ3v) is 5.04. The Kier molecular flexibility index (Phi) is 4.27. The van der Waals surface area contributed by atoms with E-state index in [1.807, 2.05) is 4.90 Å². The van der Waals surface area contributed by atoms with E-state index in [9.17, 15) is 9.59 Å². The lowest BCUT2D eigenvalue weighted by Gasteiger charge is -2.24. The zero-order valence-electron chi connectivity index (χ0n) is 12.3. The summed E-state index contributed by atoms with van der Waals surface area (Å²) in [7, 11) is 0. The molecule has 0 bridgehead atoms. The number of nitrogens with zero attached hydrogens (tertiary/aromatic N) is 1. The van der Waals surface area contributed by atoms with Crippen LogP contribution in [0.25, 0.3) is 0 Å². The number of likely N-dealkylation sites (tertiary alicyclic amines) is 1. The quantitative estimate of drug-likeness (QED) is 0.838. The monoisotopic (exact) mass is 278 g/mol. The molecule has 0 aromatic carbocycles. The van der Waals surface area contributed by atoms with Crippen molar-refractivity contribution >= 4 is 11.8 Å². The summed E-state index contributed by atoms with van der Waals surface area (Å²) in [5.74, 6) is 1.03. The van der Waals surface area contributed by atoms with Gasteiger partial charge in [0, 0.05) is 19.0 Å². The van der Waals surface area contributed by atoms with Crippen molar-refractivity contribution in [3.63, 3.8) is 0 Å². The number of carbonyl (C=O) groups excluding carboxylic acids is 2. The highest BCUT2D eigenvalue weighted by Gasteiger charge is 2.36. The average molecular weight is 278 g/mol. The number of hydrogen-bond donors (Lipinski definition) is 1. The van der Waals surface area contributed by atoms with Gasteiger partial charge in [-0.15, -0.1) is 0 Å². The Balaban J connectivity index is 1.48. The summed E-state index contributed by atoms with van der Waals surface area (Å²) in [6.07, 6.45) is 10.9. The first kappa shape index (κ1) is 13.9. The van der Waals surface area contributed by atoms with Crippen LogP contribution in [-0.2, 0) is 9.59 Å². The summed E-state index contributed by atoms with van der Waals surface area (Å²) in [6.45, 7) is 0.770. The minimum atomic E-state index is -0.188. The lowest BCUT2D eigenvalue weighted by Crippen LogP contribution is -2.46. The molecule has 20 heavy (non-hydrogen) atoms. The highest BCUT2D eigenvalue weighted by molar-refractivity contribution is 5.88. The SMILES string of the molecule is O=C(NC1CC1)C1CCCN1C(=O)CCC1CCCC1. The van der Waals surface area contributed by atoms with Crippen molar-refractivity contribution in [1.82, 2.24) is 10.2 Å². The first-order valence-electron chi connectivity index (χ1n) is 8.34. The van der Waals surface area contributed by atoms with Gasteiger partial charge in [0.15, 0.2) is 0 Å². The molecule has 1 heterocycles. The van der Waals surface area contributed by atoms with Gasteiger partial charge in [0.2, 0.25) is 11.8 Å². The van der Waals surface area contributed by atoms with E-state index in [4.69, 9.17) is 0 Å². The van der Waals surface area contributed by atoms with Crippen molar-refractivity contribution < 1.29 is 9.59 Å². The molecule has 2 saturated carbocycles. The lowest BCUT2D eigenvalue weighted by molar-refractivity contribution is -0.138. The first-order chi connectivity index (χ1) is 9.74. The van der Waals surface area contributed by atoms with Crippen molar-refractivity contribution in [2.75, 3.05) is 6.54 Å². The van der Waals surface area contributed by atoms with Crippen molar-refractivity contribution in [2.24, 2.45) is 5.92 Å². The summed E-state index contributed by atoms with van der Waals surface area (Å²) >= 11 is 0. The first-order valence-corrected chi connectivity index (χ1v) is 8.34. The van der Waals surface area contributed by atoms with Gasteiger partial charge in [-0.2, -0.15) is 0 Å². The zero-order chi connectivity index (χ0) is 13.9. The maximum atomic E-state index is 12.4. The largest absolute Gasteiger partial charge is 0.352 e. The Morgan fingerprint density at radius 2 is 1.75 bits per heavy atom. The van der Waals surface area contributed by atoms with E-state index in [2.05, 4.69) is 5.32 Å². The van der Waals surface area contributed by atoms with Gasteiger partial charge in [0.25, 0.3) is 0 Å². The van der Waals surface area contributed by atoms with E-state index in [1.165, 1.54) is 25.7 Å². The molecule has 1 atom stereocenters. The maximum Gasteiger partial charge on any atom is 0.243 e. The zero-order valence-corrected chi connectivity index (χ0v) is 12.3. The van der Waals surface area contributed by atoms with Crippen LogP contribution in [0.4, 0.5) is 0 Å². The Labute approximate surface area is 121 Å². The molecule has 2 aliphatic carbocycles. The van der Waals surface area contributed by atoms with Gasteiger partial charge in [-0.05, 0) is 38.0 Å². The summed E-state index contributed by atoms with van der Waals surface area (Å²) in [6, 6.07) is 0.199. The van der Waals surface area contributed by atoms with Gasteiger partial charge in [-0.1, -0.05) is 25.7 Å². The van der Waals surface area contributed by atoms with Crippen molar-refractivity contribution in [1.29, 1.82) is 0 Å². The second kappa shape index (κ2) is 6.15. The van der Waals surface area contributed by atoms with E-state index in [0.717, 1.165) is 44.6 Å². The van der Waals surface area contributed by atoms with Crippen LogP contribution in [0.5, 0.6) is 0 Å². The molecule has 2 amide bonds. The molecule has 1 N–H and O–H groups in total. The second-order valence-electron chi connectivity index (χ2n) is 6.72. The van der Waals surface area contributed by atoms with Crippen LogP contribution in [0, 0.1) is 5.92 Å². The van der Waals surface area contributed by atoms with Crippen molar-refractivity contribution in [2.45, 2.75) is 76.3 Å². The van der Waals surface area contributed by atoms with E-state index in [-0.39, 0.29) is 17.9 Å². The number of carbonyl (C=O) groups is 2. The van der Waals surface area contributed by atoms with Gasteiger partial charge in [-0.3, -0.25) is 9.59 Å². The van der Waals surface area contributed by atoms with E-state index in [0.29, 0.717) is 12.5 Å². The summed E-state index contributed by atoms with van der Waals surface area (Å²) in [4.78, 5) is 26.4. The fraction of sp³-hybridized carbons (Fsp3) is 0.875. The van der Waals surface area contributed by atoms with Crippen LogP contribution < -0.4 is 5.32 Å². The molecule has 0 aromatic heterocycles. The van der Waals surface area contributed by atoms with Crippen LogP contribution in [0.1, 0.15) is 64.2 Å². The minimum Gasteiger partial charge on any atom is -0.352 e. The molecular formula is C16H26N2O2. The molecule has 0 spiro atoms. The predicted octanol–water partition coefficient (Wildman–Crippen LogP) is 2.23. The average Bonchev–Trinajstić information content (AvgIpc) is 2.98. The second-order valence-corrected chi connectivity index (χ2v) is 6.72. The molecule has 3 rings (SSSR count). The highest BCUT2D eigenvalue weighted by atomic mass is 16.2. The smallest absolute Gasteiger partial charge is 0.243 e. The van der Waals surface area contributed by atoms with Gasteiger partial charge in [0.05, 0.1) is 0 Å². The summed E-state index contributed by atoms with van der Waals surface area (Å²) in [5.41, 5.74) is 0. The van der Waals surface area contributed by atoms with Crippen molar-refractivity contribution in [3.8, 4) is 0 Å². The molecular weight excluding hydrogens is 252 g/mol. The van der Waals surface area contributed by atoms with Gasteiger partial charge < -0.3 is 10.2 Å². The Hall–Kier alpha value is -1.06. The van der Waals surface area contributed by atoms with Crippen LogP contribution in [0.3, 0.4) is 0 Å². The van der Waals surface area contributed by atoms with Crippen LogP contribution in [0.15, 0.2) is 0 Å². The summed E-state index contributed by atoms with van der Waals surface area (Å²) < 4.78 is 0. The molecule has 1 unspecified atom stereocenters. The fourth-order valence-corrected chi connectivity index (χ4v) is 3.63. The Bertz CT molecular complexity index is 373. The van der Waals surface area contributed by atoms with E-state index < -0.39 is 0 Å². The fourth-order valence-electron chi connectivity index (χ4n) is 3.63. The Morgan fingerprint density at radius 3 is 2.45 bits per heavy atom. The third-order valence-electron chi connectivity index (χ3n) is 5.04. The highest BCUT2D eigenvalue weighted by Crippen LogP contribution is 2.29. The topological polar surface area (TPSA) is 49.4 Å². The predicted molar refractivity (Wildman–Crippen MR) is 77.1 cm³/mol. The normalized spacial score (nSPS) is 27.0. The number of amides is 2. The van der Waals surface area contributed by atoms with Crippen LogP contribution in [-0.4, -0.2) is 35.3 Å². The van der Waals surface area contributed by atoms with Crippen molar-refractivity contribution in [3.05, 3.63) is 0 Å². The number of rotatable bonds is 5. The van der Waals surface area contributed by atoms with Crippen LogP contribution in [0.2, 0.25) is 0 Å². The molecule has 3 fully saturated rings. The molecule has 0 radical (unpaired) electrons. The number of nitrogens with one attached hydrogen (secondary N) is 1. The van der Waals surface area contributed by atoms with Gasteiger partial charge in [0.1, 0.15) is 6.04 Å². The molecule has 4 heteroatoms. The molecule has 1 saturated heterocycles. The molecule has 3 aliphatic rings. The number of hydrogen-bond acceptors (Lipinski definition) is 2.